The second-order valence-electron chi connectivity index (χ2n) is 15.2. The van der Waals surface area contributed by atoms with Crippen LogP contribution in [0.25, 0.3) is 22.3 Å². The molecule has 1 atom stereocenters. The fourth-order valence-electron chi connectivity index (χ4n) is 9.61. The van der Waals surface area contributed by atoms with Crippen molar-refractivity contribution in [3.63, 3.8) is 0 Å². The quantitative estimate of drug-likeness (QED) is 0.157. The lowest BCUT2D eigenvalue weighted by molar-refractivity contribution is 0.487. The largest absolute Gasteiger partial charge is 0.458 e. The molecule has 0 N–H and O–H groups in total. The number of hydrogen-bond donors (Lipinski definition) is 0. The Kier molecular flexibility index (Phi) is 8.39. The standard InChI is InChI=1S/C54H39NOSi2/c1-5-19-39(20-6-1)41-35-42(40-21-7-2-8-22-40)37-45(36-41)55(43-23-9-3-10-24-43)44-33-34-54-50(38-44)57(46-25-11-4-12-26-46)49-29-15-18-32-53(49)58(54)51-30-16-13-27-47(51)56-48-28-14-17-31-52(48)58/h1-38,57H. The molecular weight excluding hydrogens is 735 g/mol. The fourth-order valence-corrected chi connectivity index (χ4v) is 20.0. The lowest BCUT2D eigenvalue weighted by Crippen LogP contribution is -2.87. The predicted octanol–water partition coefficient (Wildman–Crippen LogP) is 8.54. The average molecular weight is 774 g/mol. The van der Waals surface area contributed by atoms with Crippen molar-refractivity contribution in [2.75, 3.05) is 4.90 Å². The highest BCUT2D eigenvalue weighted by Gasteiger charge is 2.53. The summed E-state index contributed by atoms with van der Waals surface area (Å²) < 4.78 is 6.76. The zero-order chi connectivity index (χ0) is 38.5. The zero-order valence-electron chi connectivity index (χ0n) is 31.9. The van der Waals surface area contributed by atoms with E-state index in [1.165, 1.54) is 58.6 Å². The third kappa shape index (κ3) is 5.52. The van der Waals surface area contributed by atoms with Gasteiger partial charge in [-0.05, 0) is 97.6 Å². The maximum atomic E-state index is 6.76. The molecule has 2 aliphatic heterocycles. The van der Waals surface area contributed by atoms with E-state index in [1.54, 1.807) is 0 Å². The molecule has 0 aromatic heterocycles. The van der Waals surface area contributed by atoms with Gasteiger partial charge in [0.05, 0.1) is 0 Å². The van der Waals surface area contributed by atoms with Crippen LogP contribution < -0.4 is 45.9 Å². The van der Waals surface area contributed by atoms with Gasteiger partial charge in [-0.25, -0.2) is 0 Å². The van der Waals surface area contributed by atoms with E-state index in [0.29, 0.717) is 0 Å². The van der Waals surface area contributed by atoms with Crippen molar-refractivity contribution in [1.82, 2.24) is 0 Å². The topological polar surface area (TPSA) is 12.5 Å². The first kappa shape index (κ1) is 34.3. The summed E-state index contributed by atoms with van der Waals surface area (Å²) in [6.07, 6.45) is 0. The highest BCUT2D eigenvalue weighted by molar-refractivity contribution is 7.27. The third-order valence-corrected chi connectivity index (χ3v) is 20.8. The van der Waals surface area contributed by atoms with E-state index in [9.17, 15) is 0 Å². The van der Waals surface area contributed by atoms with Gasteiger partial charge >= 0.3 is 0 Å². The number of nitrogens with zero attached hydrogens (tertiary/aromatic N) is 1. The Morgan fingerprint density at radius 3 is 1.41 bits per heavy atom. The molecule has 1 unspecified atom stereocenters. The molecule has 0 radical (unpaired) electrons. The number of fused-ring (bicyclic) bond motifs is 8. The van der Waals surface area contributed by atoms with Crippen LogP contribution in [0.4, 0.5) is 17.1 Å². The maximum absolute atomic E-state index is 6.76. The van der Waals surface area contributed by atoms with Crippen molar-refractivity contribution in [3.05, 3.63) is 231 Å². The number of para-hydroxylation sites is 3. The van der Waals surface area contributed by atoms with Crippen LogP contribution in [-0.4, -0.2) is 16.9 Å². The number of anilines is 3. The van der Waals surface area contributed by atoms with Crippen LogP contribution in [0.5, 0.6) is 11.5 Å². The highest BCUT2D eigenvalue weighted by Crippen LogP contribution is 2.40. The average Bonchev–Trinajstić information content (AvgIpc) is 3.30. The van der Waals surface area contributed by atoms with Crippen molar-refractivity contribution in [2.24, 2.45) is 0 Å². The van der Waals surface area contributed by atoms with Gasteiger partial charge < -0.3 is 9.64 Å². The van der Waals surface area contributed by atoms with Crippen molar-refractivity contribution >= 4 is 70.2 Å². The molecule has 0 aliphatic carbocycles. The summed E-state index contributed by atoms with van der Waals surface area (Å²) in [4.78, 5) is 2.47. The predicted molar refractivity (Wildman–Crippen MR) is 248 cm³/mol. The highest BCUT2D eigenvalue weighted by atomic mass is 28.3. The van der Waals surface area contributed by atoms with Crippen molar-refractivity contribution < 1.29 is 4.74 Å². The van der Waals surface area contributed by atoms with E-state index >= 15 is 0 Å². The molecule has 274 valence electrons. The second kappa shape index (κ2) is 14.2. The lowest BCUT2D eigenvalue weighted by atomic mass is 9.97. The normalized spacial score (nSPS) is 14.3. The van der Waals surface area contributed by atoms with Crippen molar-refractivity contribution in [2.45, 2.75) is 0 Å². The summed E-state index contributed by atoms with van der Waals surface area (Å²) in [6, 6.07) is 85.2. The van der Waals surface area contributed by atoms with Crippen LogP contribution in [-0.2, 0) is 0 Å². The molecule has 2 heterocycles. The van der Waals surface area contributed by atoms with Crippen LogP contribution in [0.15, 0.2) is 231 Å². The van der Waals surface area contributed by atoms with Gasteiger partial charge in [0.15, 0.2) is 8.07 Å². The van der Waals surface area contributed by atoms with Gasteiger partial charge in [-0.2, -0.15) is 0 Å². The molecule has 2 nitrogen and oxygen atoms in total. The summed E-state index contributed by atoms with van der Waals surface area (Å²) in [5.74, 6) is 1.93. The van der Waals surface area contributed by atoms with Crippen molar-refractivity contribution in [3.8, 4) is 33.8 Å². The van der Waals surface area contributed by atoms with Crippen LogP contribution in [0.1, 0.15) is 0 Å². The molecule has 2 aliphatic rings. The van der Waals surface area contributed by atoms with Gasteiger partial charge in [-0.3, -0.25) is 0 Å². The Morgan fingerprint density at radius 1 is 0.328 bits per heavy atom. The molecule has 4 heteroatoms. The third-order valence-electron chi connectivity index (χ3n) is 12.0. The minimum absolute atomic E-state index is 0.967. The van der Waals surface area contributed by atoms with E-state index in [4.69, 9.17) is 4.74 Å². The molecule has 9 aromatic rings. The summed E-state index contributed by atoms with van der Waals surface area (Å²) in [5.41, 5.74) is 8.14. The fraction of sp³-hybridized carbons (Fsp3) is 0. The molecule has 0 fully saturated rings. The molecule has 0 saturated carbocycles. The number of ether oxygens (including phenoxy) is 1. The van der Waals surface area contributed by atoms with Crippen molar-refractivity contribution in [1.29, 1.82) is 0 Å². The molecule has 0 bridgehead atoms. The van der Waals surface area contributed by atoms with Gasteiger partial charge in [0, 0.05) is 17.1 Å². The molecular formula is C54H39NOSi2. The van der Waals surface area contributed by atoms with E-state index in [0.717, 1.165) is 28.6 Å². The van der Waals surface area contributed by atoms with Gasteiger partial charge in [-0.1, -0.05) is 191 Å². The SMILES string of the molecule is c1ccc(-c2cc(-c3ccccc3)cc(N(c3ccccc3)c3ccc4c(c3)[SiH](c3ccccc3)c3ccccc3[Si]43c4ccccc4Oc4ccccc43)c2)cc1. The number of benzene rings is 9. The van der Waals surface area contributed by atoms with Gasteiger partial charge in [0.25, 0.3) is 0 Å². The first-order chi connectivity index (χ1) is 28.8. The Labute approximate surface area is 342 Å². The van der Waals surface area contributed by atoms with E-state index in [2.05, 4.69) is 235 Å². The van der Waals surface area contributed by atoms with Gasteiger partial charge in [0.1, 0.15) is 20.3 Å². The van der Waals surface area contributed by atoms with Crippen LogP contribution in [0.2, 0.25) is 0 Å². The first-order valence-corrected chi connectivity index (χ1v) is 23.8. The number of rotatable bonds is 6. The Balaban J connectivity index is 1.22. The molecule has 0 amide bonds. The Hall–Kier alpha value is -6.99. The minimum Gasteiger partial charge on any atom is -0.458 e. The summed E-state index contributed by atoms with van der Waals surface area (Å²) >= 11 is 0. The lowest BCUT2D eigenvalue weighted by Gasteiger charge is -2.46. The van der Waals surface area contributed by atoms with E-state index < -0.39 is 16.9 Å². The number of hydrogen-bond acceptors (Lipinski definition) is 2. The molecule has 0 saturated heterocycles. The molecule has 11 rings (SSSR count). The summed E-state index contributed by atoms with van der Waals surface area (Å²) in [6.45, 7) is 0. The molecule has 58 heavy (non-hydrogen) atoms. The molecule has 1 spiro atoms. The minimum atomic E-state index is -2.86. The smallest absolute Gasteiger partial charge is 0.188 e. The summed E-state index contributed by atoms with van der Waals surface area (Å²) in [5, 5.41) is 9.99. The van der Waals surface area contributed by atoms with Crippen LogP contribution >= 0.6 is 0 Å². The van der Waals surface area contributed by atoms with E-state index in [1.807, 2.05) is 0 Å². The van der Waals surface area contributed by atoms with Crippen LogP contribution in [0, 0.1) is 0 Å². The van der Waals surface area contributed by atoms with Crippen LogP contribution in [0.3, 0.4) is 0 Å². The Morgan fingerprint density at radius 2 is 0.810 bits per heavy atom. The van der Waals surface area contributed by atoms with Gasteiger partial charge in [0.2, 0.25) is 0 Å². The maximum Gasteiger partial charge on any atom is 0.188 e. The zero-order valence-corrected chi connectivity index (χ0v) is 34.0. The Bertz CT molecular complexity index is 2830. The second-order valence-corrected chi connectivity index (χ2v) is 21.6. The summed E-state index contributed by atoms with van der Waals surface area (Å²) in [7, 11) is -4.87. The first-order valence-electron chi connectivity index (χ1n) is 20.0. The molecule has 9 aromatic carbocycles. The van der Waals surface area contributed by atoms with E-state index in [-0.39, 0.29) is 0 Å². The van der Waals surface area contributed by atoms with Gasteiger partial charge in [-0.15, -0.1) is 0 Å². The monoisotopic (exact) mass is 773 g/mol.